The van der Waals surface area contributed by atoms with Gasteiger partial charge in [-0.25, -0.2) is 4.79 Å². The maximum absolute atomic E-state index is 12.5. The molecule has 2 aromatic carbocycles. The normalized spacial score (nSPS) is 10.5. The van der Waals surface area contributed by atoms with Gasteiger partial charge in [0.1, 0.15) is 0 Å². The number of methoxy groups -OCH3 is 1. The summed E-state index contributed by atoms with van der Waals surface area (Å²) in [6.07, 6.45) is 7.76. The van der Waals surface area contributed by atoms with Crippen molar-refractivity contribution in [2.24, 2.45) is 5.92 Å². The van der Waals surface area contributed by atoms with E-state index < -0.39 is 5.97 Å². The van der Waals surface area contributed by atoms with Gasteiger partial charge < -0.3 is 14.8 Å². The molecule has 0 spiro atoms. The van der Waals surface area contributed by atoms with Crippen molar-refractivity contribution in [3.63, 3.8) is 0 Å². The van der Waals surface area contributed by atoms with E-state index in [0.717, 1.165) is 30.4 Å². The van der Waals surface area contributed by atoms with Crippen molar-refractivity contribution in [1.29, 1.82) is 0 Å². The molecule has 2 rings (SSSR count). The van der Waals surface area contributed by atoms with Gasteiger partial charge in [0, 0.05) is 13.0 Å². The van der Waals surface area contributed by atoms with Crippen LogP contribution in [0.4, 0.5) is 0 Å². The van der Waals surface area contributed by atoms with Crippen LogP contribution in [-0.2, 0) is 11.3 Å². The number of carbonyl (C=O) groups excluding carboxylic acids is 2. The average Bonchev–Trinajstić information content (AvgIpc) is 2.81. The number of ether oxygens (including phenoxy) is 2. The Balaban J connectivity index is 0.00000265. The lowest BCUT2D eigenvalue weighted by molar-refractivity contribution is -0.121. The number of amides is 1. The van der Waals surface area contributed by atoms with Gasteiger partial charge in [0.25, 0.3) is 0 Å². The maximum Gasteiger partial charge on any atom is 0.343 e. The Morgan fingerprint density at radius 2 is 1.76 bits per heavy atom. The summed E-state index contributed by atoms with van der Waals surface area (Å²) in [7, 11) is 1.52. The van der Waals surface area contributed by atoms with E-state index in [4.69, 9.17) is 9.47 Å². The minimum Gasteiger partial charge on any atom is -0.493 e. The summed E-state index contributed by atoms with van der Waals surface area (Å²) in [6.45, 7) is 10.6. The quantitative estimate of drug-likeness (QED) is 0.179. The fourth-order valence-electron chi connectivity index (χ4n) is 3.07. The highest BCUT2D eigenvalue weighted by atomic mass is 16.6. The smallest absolute Gasteiger partial charge is 0.343 e. The molecule has 0 bridgehead atoms. The van der Waals surface area contributed by atoms with Gasteiger partial charge in [-0.05, 0) is 61.4 Å². The molecule has 0 fully saturated rings. The van der Waals surface area contributed by atoms with Gasteiger partial charge in [0.15, 0.2) is 11.5 Å². The van der Waals surface area contributed by atoms with Crippen molar-refractivity contribution in [1.82, 2.24) is 5.32 Å². The van der Waals surface area contributed by atoms with E-state index in [2.05, 4.69) is 31.3 Å². The second-order valence-corrected chi connectivity index (χ2v) is 7.88. The first-order chi connectivity index (χ1) is 15.9. The fourth-order valence-corrected chi connectivity index (χ4v) is 3.07. The Morgan fingerprint density at radius 1 is 1.03 bits per heavy atom. The Morgan fingerprint density at radius 3 is 2.42 bits per heavy atom. The van der Waals surface area contributed by atoms with Crippen LogP contribution in [0.2, 0.25) is 0 Å². The molecule has 0 atom stereocenters. The molecule has 0 heterocycles. The molecule has 0 aliphatic rings. The lowest BCUT2D eigenvalue weighted by Gasteiger charge is -2.12. The van der Waals surface area contributed by atoms with E-state index in [1.54, 1.807) is 24.3 Å². The highest BCUT2D eigenvalue weighted by Crippen LogP contribution is 2.29. The third kappa shape index (κ3) is 10.4. The summed E-state index contributed by atoms with van der Waals surface area (Å²) in [6, 6.07) is 12.6. The van der Waals surface area contributed by atoms with Crippen LogP contribution in [0.5, 0.6) is 11.5 Å². The zero-order valence-electron chi connectivity index (χ0n) is 20.9. The van der Waals surface area contributed by atoms with Crippen LogP contribution in [0.3, 0.4) is 0 Å². The third-order valence-electron chi connectivity index (χ3n) is 4.83. The van der Waals surface area contributed by atoms with Gasteiger partial charge in [0.2, 0.25) is 5.91 Å². The lowest BCUT2D eigenvalue weighted by Crippen LogP contribution is -2.22. The van der Waals surface area contributed by atoms with Crippen LogP contribution in [0.15, 0.2) is 54.6 Å². The van der Waals surface area contributed by atoms with Crippen molar-refractivity contribution >= 4 is 11.9 Å². The van der Waals surface area contributed by atoms with Crippen molar-refractivity contribution in [3.8, 4) is 11.5 Å². The fraction of sp³-hybridized carbons (Fsp3) is 0.429. The number of aryl methyl sites for hydroxylation is 1. The topological polar surface area (TPSA) is 64.6 Å². The molecule has 2 aromatic rings. The van der Waals surface area contributed by atoms with Gasteiger partial charge >= 0.3 is 5.97 Å². The summed E-state index contributed by atoms with van der Waals surface area (Å²) in [5, 5.41) is 2.93. The van der Waals surface area contributed by atoms with Crippen LogP contribution in [-0.4, -0.2) is 19.0 Å². The van der Waals surface area contributed by atoms with Crippen molar-refractivity contribution in [3.05, 3.63) is 71.3 Å². The van der Waals surface area contributed by atoms with Crippen LogP contribution in [0.25, 0.3) is 0 Å². The molecule has 180 valence electrons. The van der Waals surface area contributed by atoms with Crippen molar-refractivity contribution in [2.45, 2.75) is 66.8 Å². The van der Waals surface area contributed by atoms with Gasteiger partial charge in [-0.2, -0.15) is 0 Å². The van der Waals surface area contributed by atoms with E-state index in [1.165, 1.54) is 7.11 Å². The molecule has 0 aliphatic heterocycles. The summed E-state index contributed by atoms with van der Waals surface area (Å²) in [5.74, 6) is 0.964. The highest BCUT2D eigenvalue weighted by Gasteiger charge is 2.14. The molecule has 1 N–H and O–H groups in total. The number of rotatable bonds is 11. The molecule has 33 heavy (non-hydrogen) atoms. The zero-order chi connectivity index (χ0) is 24.6. The first-order valence-electron chi connectivity index (χ1n) is 11.8. The highest BCUT2D eigenvalue weighted by molar-refractivity contribution is 5.92. The Labute approximate surface area is 199 Å². The number of hydrogen-bond donors (Lipinski definition) is 1. The number of esters is 1. The predicted octanol–water partition coefficient (Wildman–Crippen LogP) is 6.64. The SMILES string of the molecule is CC.COc1cc(CNC(=O)CCCC/C=C/C(C)C)ccc1OC(=O)c1ccccc1C. The van der Waals surface area contributed by atoms with E-state index in [1.807, 2.05) is 39.0 Å². The van der Waals surface area contributed by atoms with Gasteiger partial charge in [-0.15, -0.1) is 0 Å². The Bertz CT molecular complexity index is 903. The van der Waals surface area contributed by atoms with Crippen LogP contribution < -0.4 is 14.8 Å². The predicted molar refractivity (Wildman–Crippen MR) is 135 cm³/mol. The summed E-state index contributed by atoms with van der Waals surface area (Å²) in [4.78, 5) is 24.5. The molecule has 5 heteroatoms. The molecule has 0 aromatic heterocycles. The third-order valence-corrected chi connectivity index (χ3v) is 4.83. The molecule has 5 nitrogen and oxygen atoms in total. The van der Waals surface area contributed by atoms with E-state index >= 15 is 0 Å². The molecule has 0 saturated carbocycles. The van der Waals surface area contributed by atoms with Gasteiger partial charge in [-0.3, -0.25) is 4.79 Å². The molecular weight excluding hydrogens is 414 g/mol. The van der Waals surface area contributed by atoms with Gasteiger partial charge in [-0.1, -0.05) is 64.1 Å². The number of carbonyl (C=O) groups is 2. The van der Waals surface area contributed by atoms with E-state index in [-0.39, 0.29) is 5.91 Å². The molecule has 1 amide bonds. The lowest BCUT2D eigenvalue weighted by atomic mass is 10.1. The van der Waals surface area contributed by atoms with Crippen molar-refractivity contribution < 1.29 is 19.1 Å². The minimum atomic E-state index is -0.430. The van der Waals surface area contributed by atoms with Crippen LogP contribution in [0, 0.1) is 12.8 Å². The summed E-state index contributed by atoms with van der Waals surface area (Å²) >= 11 is 0. The molecule has 0 saturated heterocycles. The number of hydrogen-bond acceptors (Lipinski definition) is 4. The van der Waals surface area contributed by atoms with Crippen LogP contribution >= 0.6 is 0 Å². The first-order valence-corrected chi connectivity index (χ1v) is 11.8. The van der Waals surface area contributed by atoms with Gasteiger partial charge in [0.05, 0.1) is 12.7 Å². The van der Waals surface area contributed by atoms with Crippen molar-refractivity contribution in [2.75, 3.05) is 7.11 Å². The molecule has 0 aliphatic carbocycles. The average molecular weight is 454 g/mol. The van der Waals surface area contributed by atoms with E-state index in [0.29, 0.717) is 35.9 Å². The van der Waals surface area contributed by atoms with E-state index in [9.17, 15) is 9.59 Å². The number of unbranched alkanes of at least 4 members (excludes halogenated alkanes) is 2. The molecule has 0 unspecified atom stereocenters. The Hall–Kier alpha value is -3.08. The van der Waals surface area contributed by atoms with Crippen LogP contribution in [0.1, 0.15) is 74.9 Å². The maximum atomic E-state index is 12.5. The second kappa shape index (κ2) is 15.7. The number of nitrogens with one attached hydrogen (secondary N) is 1. The summed E-state index contributed by atoms with van der Waals surface area (Å²) in [5.41, 5.74) is 2.24. The standard InChI is InChI=1S/C26H33NO4.C2H6/c1-19(2)11-7-5-6-8-14-25(28)27-18-21-15-16-23(24(17-21)30-4)31-26(29)22-13-10-9-12-20(22)3;1-2/h7,9-13,15-17,19H,5-6,8,14,18H2,1-4H3,(H,27,28);1-2H3/b11-7+;. The largest absolute Gasteiger partial charge is 0.493 e. The number of benzene rings is 2. The molecular formula is C28H39NO4. The monoisotopic (exact) mass is 453 g/mol. The second-order valence-electron chi connectivity index (χ2n) is 7.88. The Kier molecular flexibility index (Phi) is 13.3. The molecule has 0 radical (unpaired) electrons. The number of allylic oxidation sites excluding steroid dienone is 2. The minimum absolute atomic E-state index is 0.0295. The summed E-state index contributed by atoms with van der Waals surface area (Å²) < 4.78 is 10.9. The first kappa shape index (κ1) is 28.0. The zero-order valence-corrected chi connectivity index (χ0v) is 20.9.